The summed E-state index contributed by atoms with van der Waals surface area (Å²) >= 11 is 0. The molecule has 1 aromatic carbocycles. The Labute approximate surface area is 142 Å². The van der Waals surface area contributed by atoms with Crippen LogP contribution in [-0.2, 0) is 20.9 Å². The summed E-state index contributed by atoms with van der Waals surface area (Å²) in [5.41, 5.74) is 0.644. The lowest BCUT2D eigenvalue weighted by molar-refractivity contribution is -0.155. The van der Waals surface area contributed by atoms with Crippen molar-refractivity contribution < 1.29 is 19.1 Å². The first-order valence-electron chi connectivity index (χ1n) is 7.77. The van der Waals surface area contributed by atoms with Crippen molar-refractivity contribution in [3.8, 4) is 5.75 Å². The third-order valence-corrected chi connectivity index (χ3v) is 4.31. The van der Waals surface area contributed by atoms with Gasteiger partial charge in [-0.25, -0.2) is 4.79 Å². The Bertz CT molecular complexity index is 662. The first kappa shape index (κ1) is 17.8. The summed E-state index contributed by atoms with van der Waals surface area (Å²) in [7, 11) is 2.95. The largest absolute Gasteiger partial charge is 0.497 e. The number of methoxy groups -OCH3 is 2. The molecule has 1 aliphatic heterocycles. The van der Waals surface area contributed by atoms with E-state index in [0.29, 0.717) is 18.5 Å². The fourth-order valence-electron chi connectivity index (χ4n) is 2.81. The zero-order chi connectivity index (χ0) is 17.7. The molecule has 1 heterocycles. The molecule has 0 fully saturated rings. The molecular weight excluding hydrogens is 306 g/mol. The Balaban J connectivity index is 2.36. The summed E-state index contributed by atoms with van der Waals surface area (Å²) in [4.78, 5) is 26.5. The summed E-state index contributed by atoms with van der Waals surface area (Å²) in [6.07, 6.45) is 4.02. The minimum Gasteiger partial charge on any atom is -0.497 e. The minimum atomic E-state index is -1.02. The maximum atomic E-state index is 12.3. The molecular formula is C19H23NO4. The molecule has 1 aromatic rings. The van der Waals surface area contributed by atoms with Gasteiger partial charge in [-0.15, -0.1) is 6.58 Å². The van der Waals surface area contributed by atoms with Gasteiger partial charge < -0.3 is 14.4 Å². The molecule has 128 valence electrons. The molecule has 0 bridgehead atoms. The lowest BCUT2D eigenvalue weighted by atomic mass is 9.85. The number of allylic oxidation sites excluding steroid dienone is 2. The fraction of sp³-hybridized carbons (Fsp3) is 0.368. The first-order chi connectivity index (χ1) is 11.4. The molecule has 1 unspecified atom stereocenters. The predicted octanol–water partition coefficient (Wildman–Crippen LogP) is 2.86. The van der Waals surface area contributed by atoms with Crippen molar-refractivity contribution >= 4 is 11.8 Å². The van der Waals surface area contributed by atoms with Crippen molar-refractivity contribution in [3.63, 3.8) is 0 Å². The van der Waals surface area contributed by atoms with E-state index in [1.165, 1.54) is 7.11 Å². The monoisotopic (exact) mass is 329 g/mol. The zero-order valence-corrected chi connectivity index (χ0v) is 14.4. The Morgan fingerprint density at radius 2 is 2.00 bits per heavy atom. The maximum absolute atomic E-state index is 12.3. The van der Waals surface area contributed by atoms with Crippen LogP contribution < -0.4 is 4.74 Å². The van der Waals surface area contributed by atoms with Crippen LogP contribution in [0.3, 0.4) is 0 Å². The molecule has 1 aliphatic rings. The molecule has 0 saturated heterocycles. The minimum absolute atomic E-state index is 0.0474. The number of rotatable bonds is 6. The molecule has 0 saturated carbocycles. The number of ketones is 1. The standard InChI is InChI=1S/C19H23NO4/c1-5-6-15-13-20(12-14-7-9-16(23-3)10-8-14)19(2,11-17(15)21)18(22)24-4/h5,7-10,13H,1,6,11-12H2,2-4H3. The Kier molecular flexibility index (Phi) is 5.44. The highest BCUT2D eigenvalue weighted by Crippen LogP contribution is 2.32. The van der Waals surface area contributed by atoms with Gasteiger partial charge in [-0.05, 0) is 31.0 Å². The van der Waals surface area contributed by atoms with Crippen LogP contribution in [0.1, 0.15) is 25.3 Å². The van der Waals surface area contributed by atoms with Crippen LogP contribution in [0.2, 0.25) is 0 Å². The normalized spacial score (nSPS) is 20.4. The number of carbonyl (C=O) groups is 2. The average molecular weight is 329 g/mol. The SMILES string of the molecule is C=CCC1=CN(Cc2ccc(OC)cc2)C(C)(C(=O)OC)CC1=O. The number of esters is 1. The van der Waals surface area contributed by atoms with Crippen LogP contribution >= 0.6 is 0 Å². The molecule has 0 amide bonds. The van der Waals surface area contributed by atoms with Crippen LogP contribution in [0.5, 0.6) is 5.75 Å². The van der Waals surface area contributed by atoms with Crippen LogP contribution in [0, 0.1) is 0 Å². The quantitative estimate of drug-likeness (QED) is 0.593. The molecule has 0 aliphatic carbocycles. The smallest absolute Gasteiger partial charge is 0.331 e. The Hall–Kier alpha value is -2.56. The molecule has 2 rings (SSSR count). The molecule has 5 heteroatoms. The van der Waals surface area contributed by atoms with Gasteiger partial charge in [-0.3, -0.25) is 4.79 Å². The van der Waals surface area contributed by atoms with Crippen molar-refractivity contribution in [2.24, 2.45) is 0 Å². The third-order valence-electron chi connectivity index (χ3n) is 4.31. The van der Waals surface area contributed by atoms with Crippen molar-refractivity contribution in [2.45, 2.75) is 31.8 Å². The van der Waals surface area contributed by atoms with E-state index in [2.05, 4.69) is 6.58 Å². The Morgan fingerprint density at radius 3 is 2.54 bits per heavy atom. The molecule has 24 heavy (non-hydrogen) atoms. The van der Waals surface area contributed by atoms with Crippen molar-refractivity contribution in [2.75, 3.05) is 14.2 Å². The van der Waals surface area contributed by atoms with E-state index in [0.717, 1.165) is 11.3 Å². The summed E-state index contributed by atoms with van der Waals surface area (Å²) in [5, 5.41) is 0. The summed E-state index contributed by atoms with van der Waals surface area (Å²) < 4.78 is 10.1. The summed E-state index contributed by atoms with van der Waals surface area (Å²) in [6.45, 7) is 5.92. The van der Waals surface area contributed by atoms with Crippen LogP contribution in [-0.4, -0.2) is 36.4 Å². The highest BCUT2D eigenvalue weighted by atomic mass is 16.5. The molecule has 0 spiro atoms. The highest BCUT2D eigenvalue weighted by Gasteiger charge is 2.44. The van der Waals surface area contributed by atoms with Crippen LogP contribution in [0.25, 0.3) is 0 Å². The summed E-state index contributed by atoms with van der Waals surface area (Å²) in [6, 6.07) is 7.62. The number of hydrogen-bond acceptors (Lipinski definition) is 5. The second-order valence-corrected chi connectivity index (χ2v) is 5.99. The molecule has 0 N–H and O–H groups in total. The van der Waals surface area contributed by atoms with E-state index in [1.807, 2.05) is 29.2 Å². The highest BCUT2D eigenvalue weighted by molar-refractivity contribution is 6.01. The molecule has 0 radical (unpaired) electrons. The average Bonchev–Trinajstić information content (AvgIpc) is 2.59. The van der Waals surface area contributed by atoms with Gasteiger partial charge in [-0.2, -0.15) is 0 Å². The van der Waals surface area contributed by atoms with Crippen LogP contribution in [0.4, 0.5) is 0 Å². The number of ether oxygens (including phenoxy) is 2. The van der Waals surface area contributed by atoms with Gasteiger partial charge in [0, 0.05) is 24.7 Å². The summed E-state index contributed by atoms with van der Waals surface area (Å²) in [5.74, 6) is 0.304. The van der Waals surface area contributed by atoms with E-state index in [1.54, 1.807) is 26.3 Å². The van der Waals surface area contributed by atoms with Gasteiger partial charge in [0.2, 0.25) is 0 Å². The fourth-order valence-corrected chi connectivity index (χ4v) is 2.81. The lowest BCUT2D eigenvalue weighted by Gasteiger charge is -2.41. The van der Waals surface area contributed by atoms with Crippen molar-refractivity contribution in [1.29, 1.82) is 0 Å². The number of benzene rings is 1. The van der Waals surface area contributed by atoms with Crippen LogP contribution in [0.15, 0.2) is 48.7 Å². The number of Topliss-reactive ketones (excluding diaryl/α,β-unsaturated/α-hetero) is 1. The first-order valence-corrected chi connectivity index (χ1v) is 7.77. The molecule has 5 nitrogen and oxygen atoms in total. The van der Waals surface area contributed by atoms with Gasteiger partial charge in [0.25, 0.3) is 0 Å². The molecule has 0 aromatic heterocycles. The van der Waals surface area contributed by atoms with Gasteiger partial charge in [-0.1, -0.05) is 18.2 Å². The Morgan fingerprint density at radius 1 is 1.33 bits per heavy atom. The second kappa shape index (κ2) is 7.34. The van der Waals surface area contributed by atoms with E-state index in [9.17, 15) is 9.59 Å². The van der Waals surface area contributed by atoms with Crippen molar-refractivity contribution in [3.05, 3.63) is 54.3 Å². The third kappa shape index (κ3) is 3.50. The van der Waals surface area contributed by atoms with Gasteiger partial charge in [0.05, 0.1) is 14.2 Å². The molecule has 1 atom stereocenters. The second-order valence-electron chi connectivity index (χ2n) is 5.99. The lowest BCUT2D eigenvalue weighted by Crippen LogP contribution is -2.54. The maximum Gasteiger partial charge on any atom is 0.331 e. The van der Waals surface area contributed by atoms with E-state index in [-0.39, 0.29) is 12.2 Å². The van der Waals surface area contributed by atoms with Gasteiger partial charge in [0.15, 0.2) is 5.78 Å². The number of carbonyl (C=O) groups excluding carboxylic acids is 2. The van der Waals surface area contributed by atoms with E-state index < -0.39 is 11.5 Å². The zero-order valence-electron chi connectivity index (χ0n) is 14.4. The van der Waals surface area contributed by atoms with E-state index >= 15 is 0 Å². The topological polar surface area (TPSA) is 55.8 Å². The predicted molar refractivity (Wildman–Crippen MR) is 91.5 cm³/mol. The van der Waals surface area contributed by atoms with E-state index in [4.69, 9.17) is 9.47 Å². The van der Waals surface area contributed by atoms with Gasteiger partial charge >= 0.3 is 5.97 Å². The number of nitrogens with zero attached hydrogens (tertiary/aromatic N) is 1. The number of hydrogen-bond donors (Lipinski definition) is 0. The van der Waals surface area contributed by atoms with Crippen molar-refractivity contribution in [1.82, 2.24) is 4.90 Å². The van der Waals surface area contributed by atoms with Gasteiger partial charge in [0.1, 0.15) is 11.3 Å².